The topological polar surface area (TPSA) is 123 Å². The quantitative estimate of drug-likeness (QED) is 0.0974. The van der Waals surface area contributed by atoms with Crippen molar-refractivity contribution in [2.45, 2.75) is 116 Å². The molecule has 0 aromatic rings. The zero-order valence-electron chi connectivity index (χ0n) is 18.8. The van der Waals surface area contributed by atoms with Crippen LogP contribution in [0.5, 0.6) is 0 Å². The Kier molecular flexibility index (Phi) is 18.9. The number of phosphoric ester groups is 1. The number of aliphatic hydroxyl groups excluding tert-OH is 1. The first-order valence-electron chi connectivity index (χ1n) is 11.5. The van der Waals surface area contributed by atoms with Gasteiger partial charge in [0.05, 0.1) is 6.61 Å². The van der Waals surface area contributed by atoms with Crippen molar-refractivity contribution in [2.24, 2.45) is 0 Å². The van der Waals surface area contributed by atoms with Gasteiger partial charge in [0.15, 0.2) is 6.29 Å². The summed E-state index contributed by atoms with van der Waals surface area (Å²) in [5.41, 5.74) is 0. The van der Waals surface area contributed by atoms with Crippen molar-refractivity contribution < 1.29 is 38.3 Å². The minimum Gasteiger partial charge on any atom is -0.463 e. The molecule has 0 bridgehead atoms. The Morgan fingerprint density at radius 3 is 1.93 bits per heavy atom. The van der Waals surface area contributed by atoms with Crippen LogP contribution >= 0.6 is 7.82 Å². The molecule has 0 rings (SSSR count). The van der Waals surface area contributed by atoms with Crippen molar-refractivity contribution in [1.82, 2.24) is 0 Å². The van der Waals surface area contributed by atoms with Crippen molar-refractivity contribution in [3.63, 3.8) is 0 Å². The number of hydrogen-bond acceptors (Lipinski definition) is 6. The maximum atomic E-state index is 11.9. The molecule has 0 heterocycles. The molecule has 0 amide bonds. The molecule has 0 aliphatic heterocycles. The smallest absolute Gasteiger partial charge is 0.463 e. The second kappa shape index (κ2) is 19.2. The summed E-state index contributed by atoms with van der Waals surface area (Å²) in [5, 5.41) is 10.1. The van der Waals surface area contributed by atoms with Gasteiger partial charge in [-0.25, -0.2) is 4.57 Å². The first-order chi connectivity index (χ1) is 14.3. The third kappa shape index (κ3) is 20.8. The Morgan fingerprint density at radius 1 is 0.833 bits per heavy atom. The number of hydrogen-bond donors (Lipinski definition) is 3. The third-order valence-corrected chi connectivity index (χ3v) is 5.23. The van der Waals surface area contributed by atoms with Crippen LogP contribution in [0.2, 0.25) is 0 Å². The Bertz CT molecular complexity index is 454. The molecule has 2 atom stereocenters. The summed E-state index contributed by atoms with van der Waals surface area (Å²) >= 11 is 0. The van der Waals surface area contributed by atoms with Gasteiger partial charge in [-0.2, -0.15) is 0 Å². The SMILES string of the molecule is CCCCCCCCCC(O)O[C@H](COC(=O)CCCCCCC)COP(=O)(O)O. The van der Waals surface area contributed by atoms with E-state index in [1.165, 1.54) is 25.7 Å². The lowest BCUT2D eigenvalue weighted by molar-refractivity contribution is -0.174. The zero-order valence-corrected chi connectivity index (χ0v) is 19.7. The monoisotopic (exact) mass is 454 g/mol. The maximum absolute atomic E-state index is 11.9. The fourth-order valence-electron chi connectivity index (χ4n) is 3.00. The van der Waals surface area contributed by atoms with Crippen LogP contribution in [0.25, 0.3) is 0 Å². The molecule has 0 saturated heterocycles. The van der Waals surface area contributed by atoms with Crippen LogP contribution in [-0.4, -0.2) is 46.5 Å². The van der Waals surface area contributed by atoms with E-state index in [4.69, 9.17) is 19.3 Å². The molecule has 30 heavy (non-hydrogen) atoms. The van der Waals surface area contributed by atoms with E-state index < -0.39 is 32.8 Å². The largest absolute Gasteiger partial charge is 0.469 e. The lowest BCUT2D eigenvalue weighted by Gasteiger charge is -2.21. The Labute approximate surface area is 181 Å². The molecule has 9 heteroatoms. The highest BCUT2D eigenvalue weighted by Crippen LogP contribution is 2.36. The normalized spacial score (nSPS) is 13.9. The second-order valence-electron chi connectivity index (χ2n) is 7.76. The molecule has 8 nitrogen and oxygen atoms in total. The summed E-state index contributed by atoms with van der Waals surface area (Å²) in [7, 11) is -4.68. The van der Waals surface area contributed by atoms with E-state index in [-0.39, 0.29) is 13.0 Å². The van der Waals surface area contributed by atoms with E-state index in [0.29, 0.717) is 6.42 Å². The second-order valence-corrected chi connectivity index (χ2v) is 9.00. The van der Waals surface area contributed by atoms with Gasteiger partial charge in [0, 0.05) is 6.42 Å². The molecular weight excluding hydrogens is 411 g/mol. The van der Waals surface area contributed by atoms with E-state index in [9.17, 15) is 14.5 Å². The number of carbonyl (C=O) groups is 1. The van der Waals surface area contributed by atoms with E-state index in [2.05, 4.69) is 18.4 Å². The third-order valence-electron chi connectivity index (χ3n) is 4.75. The number of esters is 1. The van der Waals surface area contributed by atoms with Gasteiger partial charge in [-0.1, -0.05) is 78.1 Å². The number of ether oxygens (including phenoxy) is 2. The summed E-state index contributed by atoms with van der Waals surface area (Å²) in [4.78, 5) is 29.6. The van der Waals surface area contributed by atoms with Crippen LogP contribution < -0.4 is 0 Å². The summed E-state index contributed by atoms with van der Waals surface area (Å²) in [6.07, 6.45) is 11.4. The van der Waals surface area contributed by atoms with Crippen LogP contribution in [0.15, 0.2) is 0 Å². The highest BCUT2D eigenvalue weighted by molar-refractivity contribution is 7.46. The minimum absolute atomic E-state index is 0.220. The average Bonchev–Trinajstić information content (AvgIpc) is 2.68. The van der Waals surface area contributed by atoms with E-state index in [1.54, 1.807) is 0 Å². The van der Waals surface area contributed by atoms with Gasteiger partial charge >= 0.3 is 13.8 Å². The highest BCUT2D eigenvalue weighted by Gasteiger charge is 2.22. The van der Waals surface area contributed by atoms with E-state index in [0.717, 1.165) is 51.4 Å². The number of aliphatic hydroxyl groups is 1. The highest BCUT2D eigenvalue weighted by atomic mass is 31.2. The Balaban J connectivity index is 4.19. The summed E-state index contributed by atoms with van der Waals surface area (Å²) in [6, 6.07) is 0. The van der Waals surface area contributed by atoms with Gasteiger partial charge < -0.3 is 24.4 Å². The van der Waals surface area contributed by atoms with E-state index in [1.807, 2.05) is 0 Å². The molecule has 0 spiro atoms. The van der Waals surface area contributed by atoms with Gasteiger partial charge in [0.2, 0.25) is 0 Å². The molecule has 0 radical (unpaired) electrons. The number of carbonyl (C=O) groups excluding carboxylic acids is 1. The fourth-order valence-corrected chi connectivity index (χ4v) is 3.36. The Morgan fingerprint density at radius 2 is 1.37 bits per heavy atom. The van der Waals surface area contributed by atoms with Gasteiger partial charge in [0.25, 0.3) is 0 Å². The Hall–Kier alpha value is -0.500. The van der Waals surface area contributed by atoms with E-state index >= 15 is 0 Å². The van der Waals surface area contributed by atoms with Gasteiger partial charge in [0.1, 0.15) is 12.7 Å². The van der Waals surface area contributed by atoms with Gasteiger partial charge in [-0.3, -0.25) is 9.32 Å². The molecule has 0 saturated carbocycles. The first-order valence-corrected chi connectivity index (χ1v) is 13.0. The van der Waals surface area contributed by atoms with Crippen molar-refractivity contribution in [1.29, 1.82) is 0 Å². The van der Waals surface area contributed by atoms with Crippen LogP contribution in [0, 0.1) is 0 Å². The summed E-state index contributed by atoms with van der Waals surface area (Å²) in [5.74, 6) is -0.391. The zero-order chi connectivity index (χ0) is 22.7. The molecule has 0 aromatic carbocycles. The van der Waals surface area contributed by atoms with Crippen molar-refractivity contribution in [2.75, 3.05) is 13.2 Å². The molecular formula is C21H43O8P. The lowest BCUT2D eigenvalue weighted by Crippen LogP contribution is -2.31. The number of unbranched alkanes of at least 4 members (excludes halogenated alkanes) is 10. The summed E-state index contributed by atoms with van der Waals surface area (Å²) < 4.78 is 26.0. The van der Waals surface area contributed by atoms with Gasteiger partial charge in [-0.05, 0) is 19.3 Å². The molecule has 180 valence electrons. The van der Waals surface area contributed by atoms with Gasteiger partial charge in [-0.15, -0.1) is 0 Å². The maximum Gasteiger partial charge on any atom is 0.469 e. The molecule has 0 aliphatic carbocycles. The van der Waals surface area contributed by atoms with Crippen molar-refractivity contribution in [3.05, 3.63) is 0 Å². The predicted octanol–water partition coefficient (Wildman–Crippen LogP) is 4.84. The predicted molar refractivity (Wildman–Crippen MR) is 116 cm³/mol. The van der Waals surface area contributed by atoms with Crippen LogP contribution in [0.1, 0.15) is 104 Å². The minimum atomic E-state index is -4.68. The number of phosphoric acid groups is 1. The first kappa shape index (κ1) is 29.5. The summed E-state index contributed by atoms with van der Waals surface area (Å²) in [6.45, 7) is 3.60. The van der Waals surface area contributed by atoms with Crippen LogP contribution in [-0.2, 0) is 23.4 Å². The standard InChI is InChI=1S/C21H43O8P/c1-3-5-7-9-10-12-14-16-21(23)29-19(18-28-30(24,25)26)17-27-20(22)15-13-11-8-6-4-2/h19,21,23H,3-18H2,1-2H3,(H2,24,25,26)/t19-,21?/m1/s1. The molecule has 1 unspecified atom stereocenters. The van der Waals surface area contributed by atoms with Crippen LogP contribution in [0.4, 0.5) is 0 Å². The van der Waals surface area contributed by atoms with Crippen LogP contribution in [0.3, 0.4) is 0 Å². The number of rotatable bonds is 21. The molecule has 0 fully saturated rings. The molecule has 0 aromatic heterocycles. The van der Waals surface area contributed by atoms with Crippen molar-refractivity contribution in [3.8, 4) is 0 Å². The molecule has 3 N–H and O–H groups in total. The average molecular weight is 455 g/mol. The fraction of sp³-hybridized carbons (Fsp3) is 0.952. The lowest BCUT2D eigenvalue weighted by atomic mass is 10.1. The van der Waals surface area contributed by atoms with Crippen molar-refractivity contribution >= 4 is 13.8 Å². The molecule has 0 aliphatic rings.